The van der Waals surface area contributed by atoms with Crippen molar-refractivity contribution in [2.75, 3.05) is 0 Å². The van der Waals surface area contributed by atoms with E-state index in [9.17, 15) is 0 Å². The Hall–Kier alpha value is -2.42. The van der Waals surface area contributed by atoms with Crippen LogP contribution in [0.15, 0.2) is 42.7 Å². The molecule has 0 radical (unpaired) electrons. The molecular weight excluding hydrogens is 279 g/mol. The molecule has 2 nitrogen and oxygen atoms in total. The highest BCUT2D eigenvalue weighted by molar-refractivity contribution is 6.97. The predicted octanol–water partition coefficient (Wildman–Crippen LogP) is 1.42. The molecule has 5 rings (SSSR count). The van der Waals surface area contributed by atoms with E-state index < -0.39 is 0 Å². The van der Waals surface area contributed by atoms with E-state index in [0.717, 1.165) is 12.8 Å². The van der Waals surface area contributed by atoms with Crippen LogP contribution in [0.5, 0.6) is 0 Å². The average Bonchev–Trinajstić information content (AvgIpc) is 2.55. The molecule has 0 saturated carbocycles. The fraction of sp³-hybridized carbons (Fsp3) is 0.200. The maximum absolute atomic E-state index is 4.72. The van der Waals surface area contributed by atoms with Gasteiger partial charge in [0, 0.05) is 36.6 Å². The highest BCUT2D eigenvalue weighted by Crippen LogP contribution is 2.22. The van der Waals surface area contributed by atoms with Crippen LogP contribution in [0.3, 0.4) is 0 Å². The van der Waals surface area contributed by atoms with Gasteiger partial charge in [0.05, 0.1) is 0 Å². The van der Waals surface area contributed by atoms with Crippen molar-refractivity contribution in [2.24, 2.45) is 0 Å². The quantitative estimate of drug-likeness (QED) is 0.404. The van der Waals surface area contributed by atoms with E-state index in [1.54, 1.807) is 0 Å². The van der Waals surface area contributed by atoms with Gasteiger partial charge >= 0.3 is 0 Å². The smallest absolute Gasteiger partial charge is 0.247 e. The number of aromatic nitrogens is 2. The lowest BCUT2D eigenvalue weighted by molar-refractivity contribution is 1.02. The molecule has 0 unspecified atom stereocenters. The maximum atomic E-state index is 4.72. The Morgan fingerprint density at radius 2 is 1.39 bits per heavy atom. The molecule has 4 heterocycles. The lowest BCUT2D eigenvalue weighted by atomic mass is 9.30. The summed E-state index contributed by atoms with van der Waals surface area (Å²) in [7, 11) is 0. The molecule has 0 aliphatic carbocycles. The summed E-state index contributed by atoms with van der Waals surface area (Å²) in [5.74, 6) is 0. The third-order valence-electron chi connectivity index (χ3n) is 5.45. The van der Waals surface area contributed by atoms with Crippen LogP contribution in [0.1, 0.15) is 33.6 Å². The number of pyridine rings is 2. The molecule has 23 heavy (non-hydrogen) atoms. The molecule has 3 heteroatoms. The second-order valence-corrected chi connectivity index (χ2v) is 6.75. The second kappa shape index (κ2) is 4.54. The Morgan fingerprint density at radius 3 is 2.22 bits per heavy atom. The van der Waals surface area contributed by atoms with Gasteiger partial charge in [-0.05, 0) is 48.0 Å². The van der Waals surface area contributed by atoms with E-state index in [4.69, 9.17) is 9.97 Å². The van der Waals surface area contributed by atoms with E-state index in [1.807, 2.05) is 12.4 Å². The van der Waals surface area contributed by atoms with E-state index in [2.05, 4.69) is 44.2 Å². The van der Waals surface area contributed by atoms with E-state index in [1.165, 1.54) is 50.0 Å². The van der Waals surface area contributed by atoms with E-state index >= 15 is 0 Å². The lowest BCUT2D eigenvalue weighted by Gasteiger charge is -2.34. The number of aryl methyl sites for hydroxylation is 2. The molecule has 0 amide bonds. The van der Waals surface area contributed by atoms with E-state index in [-0.39, 0.29) is 0 Å². The molecule has 0 atom stereocenters. The summed E-state index contributed by atoms with van der Waals surface area (Å²) >= 11 is 0. The number of nitrogens with zero attached hydrogens (tertiary/aromatic N) is 2. The first-order chi connectivity index (χ1) is 11.2. The van der Waals surface area contributed by atoms with E-state index in [0.29, 0.717) is 6.71 Å². The van der Waals surface area contributed by atoms with Crippen LogP contribution in [-0.2, 0) is 12.8 Å². The van der Waals surface area contributed by atoms with Crippen LogP contribution >= 0.6 is 0 Å². The molecule has 1 aromatic carbocycles. The lowest BCUT2D eigenvalue weighted by Crippen LogP contribution is -2.63. The third-order valence-corrected chi connectivity index (χ3v) is 5.45. The zero-order valence-corrected chi connectivity index (χ0v) is 13.4. The molecule has 0 spiro atoms. The van der Waals surface area contributed by atoms with Gasteiger partial charge in [0.25, 0.3) is 0 Å². The molecule has 2 aromatic heterocycles. The van der Waals surface area contributed by atoms with Crippen molar-refractivity contribution >= 4 is 23.1 Å². The summed E-state index contributed by atoms with van der Waals surface area (Å²) in [4.78, 5) is 9.44. The molecule has 2 aliphatic heterocycles. The van der Waals surface area contributed by atoms with Gasteiger partial charge in [-0.3, -0.25) is 9.97 Å². The zero-order chi connectivity index (χ0) is 15.6. The van der Waals surface area contributed by atoms with Gasteiger partial charge in [-0.15, -0.1) is 0 Å². The monoisotopic (exact) mass is 296 g/mol. The Morgan fingerprint density at radius 1 is 0.739 bits per heavy atom. The summed E-state index contributed by atoms with van der Waals surface area (Å²) < 4.78 is 0. The fourth-order valence-electron chi connectivity index (χ4n) is 4.47. The molecular formula is C20H17BN2. The number of fused-ring (bicyclic) bond motifs is 4. The predicted molar refractivity (Wildman–Crippen MR) is 94.7 cm³/mol. The minimum Gasteiger partial charge on any atom is -0.261 e. The van der Waals surface area contributed by atoms with Crippen LogP contribution in [-0.4, -0.2) is 16.7 Å². The highest BCUT2D eigenvalue weighted by atomic mass is 14.7. The van der Waals surface area contributed by atoms with Crippen molar-refractivity contribution in [1.82, 2.24) is 9.97 Å². The first-order valence-electron chi connectivity index (χ1n) is 8.23. The summed E-state index contributed by atoms with van der Waals surface area (Å²) in [6, 6.07) is 11.0. The Labute approximate surface area is 136 Å². The fourth-order valence-corrected chi connectivity index (χ4v) is 4.47. The summed E-state index contributed by atoms with van der Waals surface area (Å²) in [6.45, 7) is 4.75. The van der Waals surface area contributed by atoms with Crippen LogP contribution < -0.4 is 16.4 Å². The molecule has 0 N–H and O–H groups in total. The van der Waals surface area contributed by atoms with Crippen molar-refractivity contribution in [1.29, 1.82) is 0 Å². The summed E-state index contributed by atoms with van der Waals surface area (Å²) in [5.41, 5.74) is 12.4. The van der Waals surface area contributed by atoms with Crippen LogP contribution in [0.2, 0.25) is 0 Å². The molecule has 2 aliphatic rings. The standard InChI is InChI=1S/C20H17BN2/c1-12-4-3-5-14-10-17-20-15(7-9-23-17)11-16-19(21(20)18(12)14)13(2)6-8-22-16/h3-9H,10-11H2,1-2H3. The molecule has 0 saturated heterocycles. The normalized spacial score (nSPS) is 14.1. The van der Waals surface area contributed by atoms with Gasteiger partial charge in [-0.2, -0.15) is 0 Å². The average molecular weight is 296 g/mol. The first kappa shape index (κ1) is 13.1. The van der Waals surface area contributed by atoms with Gasteiger partial charge in [-0.1, -0.05) is 34.8 Å². The highest BCUT2D eigenvalue weighted by Gasteiger charge is 2.39. The number of hydrogen-bond acceptors (Lipinski definition) is 2. The van der Waals surface area contributed by atoms with Crippen molar-refractivity contribution < 1.29 is 0 Å². The number of rotatable bonds is 0. The number of hydrogen-bond donors (Lipinski definition) is 0. The molecule has 110 valence electrons. The summed E-state index contributed by atoms with van der Waals surface area (Å²) in [5, 5.41) is 0. The van der Waals surface area contributed by atoms with Crippen LogP contribution in [0.4, 0.5) is 0 Å². The molecule has 0 bridgehead atoms. The van der Waals surface area contributed by atoms with Gasteiger partial charge in [-0.25, -0.2) is 0 Å². The van der Waals surface area contributed by atoms with Crippen LogP contribution in [0, 0.1) is 13.8 Å². The third kappa shape index (κ3) is 1.71. The topological polar surface area (TPSA) is 25.8 Å². The van der Waals surface area contributed by atoms with Crippen molar-refractivity contribution in [3.05, 3.63) is 76.4 Å². The number of benzene rings is 1. The molecule has 3 aromatic rings. The van der Waals surface area contributed by atoms with Gasteiger partial charge in [0.2, 0.25) is 6.71 Å². The maximum Gasteiger partial charge on any atom is 0.247 e. The minimum atomic E-state index is 0.302. The Balaban J connectivity index is 1.91. The second-order valence-electron chi connectivity index (χ2n) is 6.75. The van der Waals surface area contributed by atoms with Crippen molar-refractivity contribution in [3.63, 3.8) is 0 Å². The van der Waals surface area contributed by atoms with Crippen molar-refractivity contribution in [2.45, 2.75) is 26.7 Å². The van der Waals surface area contributed by atoms with Gasteiger partial charge in [0.15, 0.2) is 0 Å². The Bertz CT molecular complexity index is 855. The first-order valence-corrected chi connectivity index (χ1v) is 8.23. The zero-order valence-electron chi connectivity index (χ0n) is 13.4. The minimum absolute atomic E-state index is 0.302. The molecule has 0 fully saturated rings. The van der Waals surface area contributed by atoms with Gasteiger partial charge in [0.1, 0.15) is 0 Å². The largest absolute Gasteiger partial charge is 0.261 e. The van der Waals surface area contributed by atoms with Crippen LogP contribution in [0.25, 0.3) is 0 Å². The van der Waals surface area contributed by atoms with Crippen molar-refractivity contribution in [3.8, 4) is 0 Å². The summed E-state index contributed by atoms with van der Waals surface area (Å²) in [6.07, 6.45) is 5.79. The Kier molecular flexibility index (Phi) is 2.58. The van der Waals surface area contributed by atoms with Gasteiger partial charge < -0.3 is 0 Å². The SMILES string of the molecule is Cc1cccc2c1B1c3c(C)ccnc3Cc3ccnc(c31)C2.